The number of likely N-dealkylation sites (tertiary alicyclic amines) is 1. The zero-order chi connectivity index (χ0) is 18.7. The van der Waals surface area contributed by atoms with Gasteiger partial charge in [0.1, 0.15) is 6.04 Å². The first-order valence-corrected chi connectivity index (χ1v) is 9.53. The number of amides is 2. The van der Waals surface area contributed by atoms with Crippen molar-refractivity contribution in [1.82, 2.24) is 25.1 Å². The van der Waals surface area contributed by atoms with E-state index in [1.807, 2.05) is 32.0 Å². The standard InChI is InChI=1S/C17H22N6O2S/c1-11-6-7-13(9-12(11)2)23-17(19-20-21-23)26-10-15(24)22-8-4-3-5-14(22)16(18)25/h6-7,9,14H,3-5,8,10H2,1-2H3,(H2,18,25)/t14-/m0/s1. The number of nitrogens with two attached hydrogens (primary N) is 1. The number of benzene rings is 1. The van der Waals surface area contributed by atoms with Crippen LogP contribution >= 0.6 is 11.8 Å². The largest absolute Gasteiger partial charge is 0.368 e. The first kappa shape index (κ1) is 18.4. The molecular weight excluding hydrogens is 352 g/mol. The summed E-state index contributed by atoms with van der Waals surface area (Å²) in [6, 6.07) is 5.45. The zero-order valence-electron chi connectivity index (χ0n) is 14.9. The highest BCUT2D eigenvalue weighted by Crippen LogP contribution is 2.23. The molecule has 0 unspecified atom stereocenters. The fraction of sp³-hybridized carbons (Fsp3) is 0.471. The summed E-state index contributed by atoms with van der Waals surface area (Å²) in [7, 11) is 0. The maximum absolute atomic E-state index is 12.6. The van der Waals surface area contributed by atoms with Gasteiger partial charge in [0.05, 0.1) is 11.4 Å². The van der Waals surface area contributed by atoms with Crippen molar-refractivity contribution in [3.05, 3.63) is 29.3 Å². The van der Waals surface area contributed by atoms with Crippen LogP contribution in [-0.4, -0.2) is 55.3 Å². The predicted molar refractivity (Wildman–Crippen MR) is 97.9 cm³/mol. The Morgan fingerprint density at radius 3 is 2.81 bits per heavy atom. The lowest BCUT2D eigenvalue weighted by atomic mass is 10.0. The lowest BCUT2D eigenvalue weighted by Gasteiger charge is -2.33. The van der Waals surface area contributed by atoms with E-state index in [9.17, 15) is 9.59 Å². The lowest BCUT2D eigenvalue weighted by molar-refractivity contribution is -0.138. The number of carbonyl (C=O) groups is 2. The van der Waals surface area contributed by atoms with Gasteiger partial charge in [-0.05, 0) is 66.8 Å². The van der Waals surface area contributed by atoms with Crippen LogP contribution in [0.25, 0.3) is 5.69 Å². The predicted octanol–water partition coefficient (Wildman–Crippen LogP) is 1.24. The molecule has 8 nitrogen and oxygen atoms in total. The topological polar surface area (TPSA) is 107 Å². The fourth-order valence-electron chi connectivity index (χ4n) is 3.02. The summed E-state index contributed by atoms with van der Waals surface area (Å²) >= 11 is 1.26. The molecule has 138 valence electrons. The van der Waals surface area contributed by atoms with Crippen molar-refractivity contribution in [3.63, 3.8) is 0 Å². The average Bonchev–Trinajstić information content (AvgIpc) is 3.10. The SMILES string of the molecule is Cc1ccc(-n2nnnc2SCC(=O)N2CCCC[C@H]2C(N)=O)cc1C. The Morgan fingerprint density at radius 1 is 1.27 bits per heavy atom. The van der Waals surface area contributed by atoms with Crippen LogP contribution in [0.4, 0.5) is 0 Å². The van der Waals surface area contributed by atoms with E-state index in [1.165, 1.54) is 17.3 Å². The number of rotatable bonds is 5. The van der Waals surface area contributed by atoms with E-state index >= 15 is 0 Å². The molecule has 2 amide bonds. The number of primary amides is 1. The normalized spacial score (nSPS) is 17.3. The van der Waals surface area contributed by atoms with Gasteiger partial charge in [0.2, 0.25) is 17.0 Å². The number of thioether (sulfide) groups is 1. The summed E-state index contributed by atoms with van der Waals surface area (Å²) in [6.07, 6.45) is 2.43. The molecule has 0 saturated carbocycles. The van der Waals surface area contributed by atoms with Gasteiger partial charge < -0.3 is 10.6 Å². The van der Waals surface area contributed by atoms with Crippen molar-refractivity contribution < 1.29 is 9.59 Å². The van der Waals surface area contributed by atoms with Gasteiger partial charge in [-0.3, -0.25) is 9.59 Å². The second kappa shape index (κ2) is 7.86. The van der Waals surface area contributed by atoms with Gasteiger partial charge in [0.25, 0.3) is 0 Å². The van der Waals surface area contributed by atoms with Crippen LogP contribution < -0.4 is 5.73 Å². The van der Waals surface area contributed by atoms with E-state index in [0.717, 1.165) is 24.1 Å². The molecule has 1 aliphatic rings. The van der Waals surface area contributed by atoms with Crippen LogP contribution in [0.15, 0.2) is 23.4 Å². The number of hydrogen-bond donors (Lipinski definition) is 1. The van der Waals surface area contributed by atoms with Crippen LogP contribution in [0.3, 0.4) is 0 Å². The molecule has 1 aromatic carbocycles. The Hall–Kier alpha value is -2.42. The second-order valence-electron chi connectivity index (χ2n) is 6.43. The number of hydrogen-bond acceptors (Lipinski definition) is 6. The molecule has 1 fully saturated rings. The monoisotopic (exact) mass is 374 g/mol. The summed E-state index contributed by atoms with van der Waals surface area (Å²) in [4.78, 5) is 25.7. The van der Waals surface area contributed by atoms with Crippen LogP contribution in [0.2, 0.25) is 0 Å². The highest BCUT2D eigenvalue weighted by atomic mass is 32.2. The van der Waals surface area contributed by atoms with E-state index < -0.39 is 11.9 Å². The number of nitrogens with zero attached hydrogens (tertiary/aromatic N) is 5. The van der Waals surface area contributed by atoms with E-state index in [0.29, 0.717) is 18.1 Å². The Balaban J connectivity index is 1.70. The molecule has 3 rings (SSSR count). The number of aryl methyl sites for hydroxylation is 2. The van der Waals surface area contributed by atoms with E-state index in [-0.39, 0.29) is 11.7 Å². The minimum atomic E-state index is -0.507. The molecule has 2 heterocycles. The highest BCUT2D eigenvalue weighted by molar-refractivity contribution is 7.99. The summed E-state index contributed by atoms with van der Waals surface area (Å²) in [5.74, 6) is -0.397. The maximum atomic E-state index is 12.6. The first-order valence-electron chi connectivity index (χ1n) is 8.55. The van der Waals surface area contributed by atoms with E-state index in [4.69, 9.17) is 5.73 Å². The lowest BCUT2D eigenvalue weighted by Crippen LogP contribution is -2.51. The second-order valence-corrected chi connectivity index (χ2v) is 7.37. The molecule has 2 N–H and O–H groups in total. The number of piperidine rings is 1. The van der Waals surface area contributed by atoms with Gasteiger partial charge in [0.15, 0.2) is 0 Å². The van der Waals surface area contributed by atoms with Crippen molar-refractivity contribution in [1.29, 1.82) is 0 Å². The molecule has 0 bridgehead atoms. The van der Waals surface area contributed by atoms with Crippen LogP contribution in [0.5, 0.6) is 0 Å². The van der Waals surface area contributed by atoms with E-state index in [2.05, 4.69) is 15.5 Å². The number of aromatic nitrogens is 4. The third-order valence-corrected chi connectivity index (χ3v) is 5.56. The molecule has 0 spiro atoms. The zero-order valence-corrected chi connectivity index (χ0v) is 15.7. The van der Waals surface area contributed by atoms with Crippen LogP contribution in [0, 0.1) is 13.8 Å². The molecule has 26 heavy (non-hydrogen) atoms. The number of tetrazole rings is 1. The average molecular weight is 374 g/mol. The Morgan fingerprint density at radius 2 is 2.08 bits per heavy atom. The third kappa shape index (κ3) is 3.87. The smallest absolute Gasteiger partial charge is 0.240 e. The summed E-state index contributed by atoms with van der Waals surface area (Å²) in [6.45, 7) is 4.63. The molecular formula is C17H22N6O2S. The summed E-state index contributed by atoms with van der Waals surface area (Å²) in [5, 5.41) is 12.3. The molecule has 1 saturated heterocycles. The Bertz CT molecular complexity index is 821. The summed E-state index contributed by atoms with van der Waals surface area (Å²) < 4.78 is 1.62. The van der Waals surface area contributed by atoms with Gasteiger partial charge in [-0.25, -0.2) is 0 Å². The minimum absolute atomic E-state index is 0.117. The quantitative estimate of drug-likeness (QED) is 0.789. The third-order valence-electron chi connectivity index (χ3n) is 4.65. The molecule has 9 heteroatoms. The van der Waals surface area contributed by atoms with Crippen molar-refractivity contribution in [2.75, 3.05) is 12.3 Å². The van der Waals surface area contributed by atoms with Crippen molar-refractivity contribution >= 4 is 23.6 Å². The van der Waals surface area contributed by atoms with Crippen molar-refractivity contribution in [2.45, 2.75) is 44.3 Å². The molecule has 0 aliphatic carbocycles. The molecule has 2 aromatic rings. The molecule has 1 atom stereocenters. The Labute approximate surface area is 156 Å². The minimum Gasteiger partial charge on any atom is -0.368 e. The Kier molecular flexibility index (Phi) is 5.55. The highest BCUT2D eigenvalue weighted by Gasteiger charge is 2.30. The first-order chi connectivity index (χ1) is 12.5. The van der Waals surface area contributed by atoms with Gasteiger partial charge in [-0.2, -0.15) is 4.68 Å². The van der Waals surface area contributed by atoms with Gasteiger partial charge in [-0.15, -0.1) is 5.10 Å². The van der Waals surface area contributed by atoms with Crippen LogP contribution in [-0.2, 0) is 9.59 Å². The van der Waals surface area contributed by atoms with Crippen LogP contribution in [0.1, 0.15) is 30.4 Å². The van der Waals surface area contributed by atoms with E-state index in [1.54, 1.807) is 9.58 Å². The molecule has 1 aromatic heterocycles. The fourth-order valence-corrected chi connectivity index (χ4v) is 3.80. The van der Waals surface area contributed by atoms with Crippen molar-refractivity contribution in [3.8, 4) is 5.69 Å². The molecule has 0 radical (unpaired) electrons. The number of carbonyl (C=O) groups excluding carboxylic acids is 2. The summed E-state index contributed by atoms with van der Waals surface area (Å²) in [5.41, 5.74) is 8.61. The van der Waals surface area contributed by atoms with Gasteiger partial charge in [-0.1, -0.05) is 17.8 Å². The van der Waals surface area contributed by atoms with Gasteiger partial charge in [0, 0.05) is 6.54 Å². The molecule has 1 aliphatic heterocycles. The maximum Gasteiger partial charge on any atom is 0.240 e. The van der Waals surface area contributed by atoms with Crippen molar-refractivity contribution in [2.24, 2.45) is 5.73 Å². The van der Waals surface area contributed by atoms with Gasteiger partial charge >= 0.3 is 0 Å².